The molecule has 1 heterocycles. The van der Waals surface area contributed by atoms with Crippen LogP contribution in [-0.2, 0) is 5.75 Å². The molecule has 0 fully saturated rings. The maximum Gasteiger partial charge on any atom is 0.258 e. The Kier molecular flexibility index (Phi) is 4.06. The summed E-state index contributed by atoms with van der Waals surface area (Å²) in [4.78, 5) is 4.35. The summed E-state index contributed by atoms with van der Waals surface area (Å²) in [7, 11) is 0. The molecule has 19 heavy (non-hydrogen) atoms. The molecule has 0 unspecified atom stereocenters. The number of aromatic nitrogens is 2. The minimum atomic E-state index is 0.168. The zero-order valence-electron chi connectivity index (χ0n) is 11.1. The van der Waals surface area contributed by atoms with Crippen LogP contribution in [0.3, 0.4) is 0 Å². The molecule has 0 aliphatic rings. The summed E-state index contributed by atoms with van der Waals surface area (Å²) in [6.45, 7) is 6.45. The van der Waals surface area contributed by atoms with Crippen molar-refractivity contribution >= 4 is 29.1 Å². The number of thioether (sulfide) groups is 1. The number of rotatable bonds is 3. The largest absolute Gasteiger partial charge is 0.399 e. The first kappa shape index (κ1) is 14.2. The molecule has 1 aromatic carbocycles. The van der Waals surface area contributed by atoms with Crippen molar-refractivity contribution in [1.29, 1.82) is 0 Å². The van der Waals surface area contributed by atoms with Crippen molar-refractivity contribution in [2.24, 2.45) is 0 Å². The number of hydrogen-bond acceptors (Lipinski definition) is 5. The Hall–Kier alpha value is -1.20. The summed E-state index contributed by atoms with van der Waals surface area (Å²) in [5.74, 6) is 1.83. The fourth-order valence-electron chi connectivity index (χ4n) is 1.45. The summed E-state index contributed by atoms with van der Waals surface area (Å²) < 4.78 is 5.41. The fourth-order valence-corrected chi connectivity index (χ4v) is 2.37. The zero-order valence-corrected chi connectivity index (χ0v) is 12.7. The smallest absolute Gasteiger partial charge is 0.258 e. The van der Waals surface area contributed by atoms with Gasteiger partial charge < -0.3 is 10.3 Å². The Morgan fingerprint density at radius 3 is 2.68 bits per heavy atom. The minimum absolute atomic E-state index is 0.168. The van der Waals surface area contributed by atoms with Crippen LogP contribution in [0.4, 0.5) is 5.69 Å². The molecule has 0 aliphatic carbocycles. The van der Waals surface area contributed by atoms with Crippen molar-refractivity contribution < 1.29 is 4.52 Å². The molecule has 0 amide bonds. The molecule has 2 rings (SSSR count). The fraction of sp³-hybridized carbons (Fsp3) is 0.385. The summed E-state index contributed by atoms with van der Waals surface area (Å²) in [6, 6.07) is 5.20. The molecule has 0 bridgehead atoms. The normalized spacial score (nSPS) is 11.8. The van der Waals surface area contributed by atoms with E-state index in [4.69, 9.17) is 21.9 Å². The maximum atomic E-state index is 5.95. The van der Waals surface area contributed by atoms with E-state index in [1.54, 1.807) is 30.0 Å². The van der Waals surface area contributed by atoms with Gasteiger partial charge in [0.05, 0.1) is 5.75 Å². The average molecular weight is 298 g/mol. The van der Waals surface area contributed by atoms with E-state index in [0.29, 0.717) is 28.2 Å². The van der Waals surface area contributed by atoms with Crippen LogP contribution in [0.2, 0.25) is 5.02 Å². The van der Waals surface area contributed by atoms with Crippen LogP contribution in [0.15, 0.2) is 22.7 Å². The van der Waals surface area contributed by atoms with Crippen LogP contribution in [0, 0.1) is 0 Å². The molecule has 2 N–H and O–H groups in total. The molecule has 0 saturated carbocycles. The lowest BCUT2D eigenvalue weighted by Crippen LogP contribution is -2.07. The molecule has 4 nitrogen and oxygen atoms in total. The lowest BCUT2D eigenvalue weighted by molar-refractivity contribution is 0.425. The van der Waals surface area contributed by atoms with E-state index in [9.17, 15) is 0 Å². The summed E-state index contributed by atoms with van der Waals surface area (Å²) in [5, 5.41) is 4.52. The van der Waals surface area contributed by atoms with Gasteiger partial charge in [-0.15, -0.1) is 11.8 Å². The van der Waals surface area contributed by atoms with Crippen molar-refractivity contribution in [2.45, 2.75) is 31.3 Å². The number of nitrogen functional groups attached to an aromatic ring is 1. The second-order valence-corrected chi connectivity index (χ2v) is 7.43. The van der Waals surface area contributed by atoms with E-state index in [2.05, 4.69) is 30.9 Å². The highest BCUT2D eigenvalue weighted by Gasteiger charge is 2.15. The summed E-state index contributed by atoms with van der Waals surface area (Å²) in [6.07, 6.45) is 0. The Morgan fingerprint density at radius 2 is 2.05 bits per heavy atom. The maximum absolute atomic E-state index is 5.95. The highest BCUT2D eigenvalue weighted by Crippen LogP contribution is 2.28. The van der Waals surface area contributed by atoms with Gasteiger partial charge in [0.2, 0.25) is 0 Å². The van der Waals surface area contributed by atoms with Crippen LogP contribution in [0.1, 0.15) is 26.6 Å². The highest BCUT2D eigenvalue weighted by molar-refractivity contribution is 7.99. The second-order valence-electron chi connectivity index (χ2n) is 5.19. The predicted octanol–water partition coefficient (Wildman–Crippen LogP) is 4.00. The number of hydrogen-bond donors (Lipinski definition) is 1. The van der Waals surface area contributed by atoms with Gasteiger partial charge in [-0.05, 0) is 18.2 Å². The quantitative estimate of drug-likeness (QED) is 0.867. The van der Waals surface area contributed by atoms with E-state index in [-0.39, 0.29) is 4.75 Å². The highest BCUT2D eigenvalue weighted by atomic mass is 35.5. The van der Waals surface area contributed by atoms with Gasteiger partial charge in [-0.3, -0.25) is 0 Å². The van der Waals surface area contributed by atoms with Crippen molar-refractivity contribution in [3.63, 3.8) is 0 Å². The van der Waals surface area contributed by atoms with E-state index >= 15 is 0 Å². The van der Waals surface area contributed by atoms with Crippen molar-refractivity contribution in [3.05, 3.63) is 29.0 Å². The Bertz CT molecular complexity index is 557. The number of benzene rings is 1. The lowest BCUT2D eigenvalue weighted by Gasteiger charge is -2.15. The predicted molar refractivity (Wildman–Crippen MR) is 80.2 cm³/mol. The van der Waals surface area contributed by atoms with E-state index in [0.717, 1.165) is 5.56 Å². The Morgan fingerprint density at radius 1 is 1.32 bits per heavy atom. The molecule has 1 aromatic heterocycles. The number of anilines is 1. The Labute approximate surface area is 121 Å². The molecule has 2 aromatic rings. The first-order chi connectivity index (χ1) is 8.83. The van der Waals surface area contributed by atoms with Gasteiger partial charge in [0.25, 0.3) is 5.89 Å². The monoisotopic (exact) mass is 297 g/mol. The summed E-state index contributed by atoms with van der Waals surface area (Å²) in [5.41, 5.74) is 7.06. The number of nitrogens with zero attached hydrogens (tertiary/aromatic N) is 2. The number of halogens is 1. The molecule has 0 atom stereocenters. The molecule has 0 radical (unpaired) electrons. The average Bonchev–Trinajstić information content (AvgIpc) is 2.72. The third-order valence-electron chi connectivity index (χ3n) is 2.27. The number of nitrogens with two attached hydrogens (primary N) is 1. The van der Waals surface area contributed by atoms with Gasteiger partial charge in [-0.25, -0.2) is 0 Å². The van der Waals surface area contributed by atoms with Crippen molar-refractivity contribution in [2.75, 3.05) is 5.73 Å². The van der Waals surface area contributed by atoms with E-state index in [1.807, 2.05) is 0 Å². The molecular weight excluding hydrogens is 282 g/mol. The van der Waals surface area contributed by atoms with Crippen molar-refractivity contribution in [1.82, 2.24) is 10.1 Å². The van der Waals surface area contributed by atoms with Crippen LogP contribution < -0.4 is 5.73 Å². The second kappa shape index (κ2) is 5.43. The molecule has 6 heteroatoms. The molecule has 0 aliphatic heterocycles. The zero-order chi connectivity index (χ0) is 14.0. The van der Waals surface area contributed by atoms with Gasteiger partial charge in [0, 0.05) is 21.0 Å². The Balaban J connectivity index is 2.16. The van der Waals surface area contributed by atoms with Gasteiger partial charge in [0.1, 0.15) is 0 Å². The van der Waals surface area contributed by atoms with E-state index < -0.39 is 0 Å². The third kappa shape index (κ3) is 4.14. The van der Waals surface area contributed by atoms with Crippen molar-refractivity contribution in [3.8, 4) is 11.5 Å². The molecule has 102 valence electrons. The van der Waals surface area contributed by atoms with Gasteiger partial charge in [0.15, 0.2) is 5.82 Å². The van der Waals surface area contributed by atoms with E-state index in [1.165, 1.54) is 0 Å². The molecular formula is C13H16ClN3OS. The van der Waals surface area contributed by atoms with Gasteiger partial charge in [-0.2, -0.15) is 4.98 Å². The molecule has 0 saturated heterocycles. The lowest BCUT2D eigenvalue weighted by atomic mass is 10.2. The third-order valence-corrected chi connectivity index (χ3v) is 3.76. The first-order valence-electron chi connectivity index (χ1n) is 5.86. The van der Waals surface area contributed by atoms with Gasteiger partial charge >= 0.3 is 0 Å². The van der Waals surface area contributed by atoms with Crippen LogP contribution in [-0.4, -0.2) is 14.9 Å². The summed E-state index contributed by atoms with van der Waals surface area (Å²) >= 11 is 7.72. The standard InChI is InChI=1S/C13H16ClN3OS/c1-13(2,3)19-7-11-16-12(18-17-11)8-4-9(14)6-10(15)5-8/h4-6H,7,15H2,1-3H3. The first-order valence-corrected chi connectivity index (χ1v) is 7.23. The van der Waals surface area contributed by atoms with Gasteiger partial charge in [-0.1, -0.05) is 37.5 Å². The van der Waals surface area contributed by atoms with Crippen LogP contribution >= 0.6 is 23.4 Å². The topological polar surface area (TPSA) is 64.9 Å². The minimum Gasteiger partial charge on any atom is -0.399 e. The SMILES string of the molecule is CC(C)(C)SCc1noc(-c2cc(N)cc(Cl)c2)n1. The van der Waals surface area contributed by atoms with Crippen LogP contribution in [0.25, 0.3) is 11.5 Å². The molecule has 0 spiro atoms. The van der Waals surface area contributed by atoms with Crippen LogP contribution in [0.5, 0.6) is 0 Å².